The van der Waals surface area contributed by atoms with Crippen LogP contribution in [0.3, 0.4) is 0 Å². The molecule has 8 nitrogen and oxygen atoms in total. The molecule has 8 heteroatoms. The van der Waals surface area contributed by atoms with Crippen molar-refractivity contribution in [3.05, 3.63) is 17.7 Å². The van der Waals surface area contributed by atoms with Crippen LogP contribution in [0.4, 0.5) is 0 Å². The molecule has 0 spiro atoms. The van der Waals surface area contributed by atoms with Crippen LogP contribution in [0.15, 0.2) is 6.20 Å². The maximum absolute atomic E-state index is 12.6. The lowest BCUT2D eigenvalue weighted by Gasteiger charge is -2.30. The summed E-state index contributed by atoms with van der Waals surface area (Å²) in [4.78, 5) is 34.5. The topological polar surface area (TPSA) is 87.7 Å². The van der Waals surface area contributed by atoms with Crippen molar-refractivity contribution in [1.29, 1.82) is 0 Å². The van der Waals surface area contributed by atoms with Crippen LogP contribution in [-0.4, -0.2) is 82.4 Å². The molecule has 0 saturated carbocycles. The van der Waals surface area contributed by atoms with Gasteiger partial charge in [-0.15, -0.1) is 0 Å². The van der Waals surface area contributed by atoms with Crippen molar-refractivity contribution in [2.24, 2.45) is 5.73 Å². The smallest absolute Gasteiger partial charge is 0.266 e. The number of imidazole rings is 1. The van der Waals surface area contributed by atoms with Gasteiger partial charge < -0.3 is 20.1 Å². The van der Waals surface area contributed by atoms with Crippen molar-refractivity contribution >= 4 is 11.8 Å². The van der Waals surface area contributed by atoms with Gasteiger partial charge in [0.15, 0.2) is 0 Å². The van der Waals surface area contributed by atoms with Gasteiger partial charge in [0, 0.05) is 26.2 Å². The monoisotopic (exact) mass is 320 g/mol. The summed E-state index contributed by atoms with van der Waals surface area (Å²) in [6.45, 7) is 6.04. The Balaban J connectivity index is 1.59. The Bertz CT molecular complexity index is 599. The molecule has 0 aromatic carbocycles. The van der Waals surface area contributed by atoms with Gasteiger partial charge >= 0.3 is 0 Å². The van der Waals surface area contributed by atoms with Crippen molar-refractivity contribution in [2.45, 2.75) is 19.5 Å². The van der Waals surface area contributed by atoms with Crippen molar-refractivity contribution in [3.63, 3.8) is 0 Å². The molecule has 1 aromatic heterocycles. The van der Waals surface area contributed by atoms with Crippen LogP contribution in [0.25, 0.3) is 0 Å². The van der Waals surface area contributed by atoms with Crippen molar-refractivity contribution in [1.82, 2.24) is 24.3 Å². The minimum absolute atomic E-state index is 0.129. The SMILES string of the molecule is CN1CCCN(CC(=O)N2CCn3c(C(N)=O)cnc3C2)CC1. The highest BCUT2D eigenvalue weighted by Crippen LogP contribution is 2.14. The normalized spacial score (nSPS) is 20.1. The van der Waals surface area contributed by atoms with Gasteiger partial charge in [0.05, 0.1) is 19.3 Å². The van der Waals surface area contributed by atoms with E-state index in [1.807, 2.05) is 9.47 Å². The van der Waals surface area contributed by atoms with E-state index in [2.05, 4.69) is 21.8 Å². The van der Waals surface area contributed by atoms with E-state index in [0.29, 0.717) is 31.9 Å². The second-order valence-corrected chi connectivity index (χ2v) is 6.32. The van der Waals surface area contributed by atoms with E-state index in [0.717, 1.165) is 38.4 Å². The lowest BCUT2D eigenvalue weighted by molar-refractivity contribution is -0.133. The van der Waals surface area contributed by atoms with Crippen LogP contribution < -0.4 is 5.73 Å². The van der Waals surface area contributed by atoms with Crippen LogP contribution in [0, 0.1) is 0 Å². The third-order valence-corrected chi connectivity index (χ3v) is 4.64. The molecule has 2 aliphatic heterocycles. The predicted octanol–water partition coefficient (Wildman–Crippen LogP) is -1.04. The molecule has 0 aliphatic carbocycles. The first kappa shape index (κ1) is 15.9. The molecule has 0 radical (unpaired) electrons. The third kappa shape index (κ3) is 3.53. The summed E-state index contributed by atoms with van der Waals surface area (Å²) in [6.07, 6.45) is 2.59. The number of rotatable bonds is 3. The first-order valence-corrected chi connectivity index (χ1v) is 8.07. The van der Waals surface area contributed by atoms with Gasteiger partial charge in [-0.2, -0.15) is 0 Å². The maximum atomic E-state index is 12.6. The molecule has 0 bridgehead atoms. The Morgan fingerprint density at radius 3 is 2.78 bits per heavy atom. The summed E-state index contributed by atoms with van der Waals surface area (Å²) in [5, 5.41) is 0. The lowest BCUT2D eigenvalue weighted by Crippen LogP contribution is -2.45. The van der Waals surface area contributed by atoms with E-state index in [1.54, 1.807) is 0 Å². The molecule has 1 aromatic rings. The van der Waals surface area contributed by atoms with Gasteiger partial charge in [0.1, 0.15) is 11.5 Å². The number of carbonyl (C=O) groups excluding carboxylic acids is 2. The molecule has 3 rings (SSSR count). The highest BCUT2D eigenvalue weighted by molar-refractivity contribution is 5.91. The van der Waals surface area contributed by atoms with Crippen LogP contribution in [0.2, 0.25) is 0 Å². The number of hydrogen-bond acceptors (Lipinski definition) is 5. The number of nitrogens with two attached hydrogens (primary N) is 1. The zero-order valence-corrected chi connectivity index (χ0v) is 13.6. The number of amides is 2. The standard InChI is InChI=1S/C15H24N6O2/c1-18-3-2-4-19(6-5-18)11-14(22)20-7-8-21-12(15(16)23)9-17-13(21)10-20/h9H,2-8,10-11H2,1H3,(H2,16,23). The van der Waals surface area contributed by atoms with Gasteiger partial charge in [-0.05, 0) is 26.6 Å². The Hall–Kier alpha value is -1.93. The molecule has 2 N–H and O–H groups in total. The molecule has 1 fully saturated rings. The Morgan fingerprint density at radius 2 is 2.00 bits per heavy atom. The number of nitrogens with zero attached hydrogens (tertiary/aromatic N) is 5. The van der Waals surface area contributed by atoms with Gasteiger partial charge in [-0.25, -0.2) is 4.98 Å². The number of primary amides is 1. The van der Waals surface area contributed by atoms with Crippen LogP contribution >= 0.6 is 0 Å². The summed E-state index contributed by atoms with van der Waals surface area (Å²) in [5.41, 5.74) is 5.75. The van der Waals surface area contributed by atoms with Gasteiger partial charge in [-0.3, -0.25) is 14.5 Å². The summed E-state index contributed by atoms with van der Waals surface area (Å²) < 4.78 is 1.81. The predicted molar refractivity (Wildman–Crippen MR) is 84.7 cm³/mol. The van der Waals surface area contributed by atoms with E-state index in [-0.39, 0.29) is 5.91 Å². The van der Waals surface area contributed by atoms with E-state index in [1.165, 1.54) is 6.20 Å². The van der Waals surface area contributed by atoms with Crippen molar-refractivity contribution < 1.29 is 9.59 Å². The molecule has 1 saturated heterocycles. The van der Waals surface area contributed by atoms with Crippen LogP contribution in [-0.2, 0) is 17.9 Å². The molecule has 0 unspecified atom stereocenters. The molecule has 0 atom stereocenters. The van der Waals surface area contributed by atoms with Crippen LogP contribution in [0.1, 0.15) is 22.7 Å². The maximum Gasteiger partial charge on any atom is 0.266 e. The fraction of sp³-hybridized carbons (Fsp3) is 0.667. The number of likely N-dealkylation sites (N-methyl/N-ethyl adjacent to an activating group) is 1. The van der Waals surface area contributed by atoms with E-state index in [4.69, 9.17) is 5.73 Å². The summed E-state index contributed by atoms with van der Waals surface area (Å²) in [5.74, 6) is 0.385. The number of hydrogen-bond donors (Lipinski definition) is 1. The molecular formula is C15H24N6O2. The summed E-state index contributed by atoms with van der Waals surface area (Å²) >= 11 is 0. The third-order valence-electron chi connectivity index (χ3n) is 4.64. The lowest BCUT2D eigenvalue weighted by atomic mass is 10.3. The first-order chi connectivity index (χ1) is 11.0. The number of carbonyl (C=O) groups is 2. The minimum atomic E-state index is -0.475. The van der Waals surface area contributed by atoms with Gasteiger partial charge in [0.25, 0.3) is 5.91 Å². The number of fused-ring (bicyclic) bond motifs is 1. The molecule has 23 heavy (non-hydrogen) atoms. The summed E-state index contributed by atoms with van der Waals surface area (Å²) in [6, 6.07) is 0. The average Bonchev–Trinajstić information content (AvgIpc) is 2.85. The van der Waals surface area contributed by atoms with Gasteiger partial charge in [-0.1, -0.05) is 0 Å². The summed E-state index contributed by atoms with van der Waals surface area (Å²) in [7, 11) is 2.12. The Kier molecular flexibility index (Phi) is 4.63. The first-order valence-electron chi connectivity index (χ1n) is 8.07. The molecule has 2 aliphatic rings. The van der Waals surface area contributed by atoms with E-state index in [9.17, 15) is 9.59 Å². The van der Waals surface area contributed by atoms with E-state index < -0.39 is 5.91 Å². The molecule has 3 heterocycles. The zero-order valence-electron chi connectivity index (χ0n) is 13.6. The highest BCUT2D eigenvalue weighted by atomic mass is 16.2. The Labute approximate surface area is 135 Å². The molecule has 2 amide bonds. The number of aromatic nitrogens is 2. The molecule has 126 valence electrons. The van der Waals surface area contributed by atoms with Crippen molar-refractivity contribution in [3.8, 4) is 0 Å². The second kappa shape index (κ2) is 6.67. The highest BCUT2D eigenvalue weighted by Gasteiger charge is 2.26. The average molecular weight is 320 g/mol. The van der Waals surface area contributed by atoms with Crippen LogP contribution in [0.5, 0.6) is 0 Å². The largest absolute Gasteiger partial charge is 0.364 e. The quantitative estimate of drug-likeness (QED) is 0.769. The fourth-order valence-corrected chi connectivity index (χ4v) is 3.22. The Morgan fingerprint density at radius 1 is 1.17 bits per heavy atom. The van der Waals surface area contributed by atoms with Gasteiger partial charge in [0.2, 0.25) is 5.91 Å². The second-order valence-electron chi connectivity index (χ2n) is 6.32. The van der Waals surface area contributed by atoms with E-state index >= 15 is 0 Å². The molecular weight excluding hydrogens is 296 g/mol. The minimum Gasteiger partial charge on any atom is -0.364 e. The zero-order chi connectivity index (χ0) is 16.4. The fourth-order valence-electron chi connectivity index (χ4n) is 3.22. The van der Waals surface area contributed by atoms with Crippen molar-refractivity contribution in [2.75, 3.05) is 46.3 Å².